The Balaban J connectivity index is 2.03. The van der Waals surface area contributed by atoms with Crippen LogP contribution < -0.4 is 10.0 Å². The zero-order valence-corrected chi connectivity index (χ0v) is 12.4. The van der Waals surface area contributed by atoms with E-state index in [9.17, 15) is 8.42 Å². The van der Waals surface area contributed by atoms with Gasteiger partial charge in [0.25, 0.3) is 0 Å². The molecule has 1 aromatic rings. The average molecular weight is 282 g/mol. The van der Waals surface area contributed by atoms with Crippen LogP contribution in [-0.4, -0.2) is 27.3 Å². The molecule has 0 bridgehead atoms. The van der Waals surface area contributed by atoms with Crippen molar-refractivity contribution in [2.75, 3.05) is 23.6 Å². The Kier molecular flexibility index (Phi) is 4.47. The fourth-order valence-corrected chi connectivity index (χ4v) is 4.10. The molecule has 0 saturated carbocycles. The van der Waals surface area contributed by atoms with Crippen LogP contribution in [0.2, 0.25) is 0 Å². The monoisotopic (exact) mass is 282 g/mol. The normalized spacial score (nSPS) is 20.2. The first-order valence-electron chi connectivity index (χ1n) is 6.74. The molecule has 1 aromatic carbocycles. The van der Waals surface area contributed by atoms with Crippen molar-refractivity contribution in [2.24, 2.45) is 5.92 Å². The molecule has 0 aliphatic carbocycles. The van der Waals surface area contributed by atoms with E-state index < -0.39 is 10.0 Å². The molecule has 1 fully saturated rings. The van der Waals surface area contributed by atoms with Gasteiger partial charge in [-0.25, -0.2) is 8.42 Å². The van der Waals surface area contributed by atoms with Gasteiger partial charge in [0.15, 0.2) is 0 Å². The van der Waals surface area contributed by atoms with E-state index in [1.165, 1.54) is 0 Å². The summed E-state index contributed by atoms with van der Waals surface area (Å²) in [6, 6.07) is 5.76. The van der Waals surface area contributed by atoms with E-state index in [4.69, 9.17) is 0 Å². The van der Waals surface area contributed by atoms with Crippen LogP contribution in [0.15, 0.2) is 18.2 Å². The van der Waals surface area contributed by atoms with Gasteiger partial charge in [-0.15, -0.1) is 0 Å². The van der Waals surface area contributed by atoms with E-state index in [-0.39, 0.29) is 11.7 Å². The van der Waals surface area contributed by atoms with Crippen LogP contribution in [0.3, 0.4) is 0 Å². The lowest BCUT2D eigenvalue weighted by molar-refractivity contribution is 0.404. The van der Waals surface area contributed by atoms with Crippen LogP contribution in [0.25, 0.3) is 0 Å². The Morgan fingerprint density at radius 3 is 2.53 bits per heavy atom. The maximum Gasteiger partial charge on any atom is 0.233 e. The molecule has 106 valence electrons. The molecular weight excluding hydrogens is 260 g/mol. The van der Waals surface area contributed by atoms with E-state index in [1.54, 1.807) is 0 Å². The van der Waals surface area contributed by atoms with Crippen molar-refractivity contribution in [3.05, 3.63) is 29.3 Å². The van der Waals surface area contributed by atoms with Gasteiger partial charge in [-0.3, -0.25) is 4.72 Å². The second-order valence-corrected chi connectivity index (χ2v) is 7.24. The Bertz CT molecular complexity index is 514. The minimum atomic E-state index is -3.26. The number of benzene rings is 1. The summed E-state index contributed by atoms with van der Waals surface area (Å²) >= 11 is 0. The van der Waals surface area contributed by atoms with Crippen LogP contribution in [0, 0.1) is 19.8 Å². The maximum absolute atomic E-state index is 12.2. The highest BCUT2D eigenvalue weighted by Gasteiger charge is 2.21. The first-order valence-corrected chi connectivity index (χ1v) is 8.39. The summed E-state index contributed by atoms with van der Waals surface area (Å²) < 4.78 is 27.0. The molecule has 1 aliphatic rings. The molecule has 5 heteroatoms. The lowest BCUT2D eigenvalue weighted by atomic mass is 10.0. The quantitative estimate of drug-likeness (QED) is 0.888. The number of sulfonamides is 1. The summed E-state index contributed by atoms with van der Waals surface area (Å²) in [6.45, 7) is 5.74. The molecule has 0 amide bonds. The van der Waals surface area contributed by atoms with Crippen molar-refractivity contribution < 1.29 is 8.42 Å². The van der Waals surface area contributed by atoms with Crippen molar-refractivity contribution in [3.63, 3.8) is 0 Å². The lowest BCUT2D eigenvalue weighted by Crippen LogP contribution is -2.35. The van der Waals surface area contributed by atoms with Crippen molar-refractivity contribution in [1.29, 1.82) is 0 Å². The molecule has 0 radical (unpaired) electrons. The summed E-state index contributed by atoms with van der Waals surface area (Å²) in [5.41, 5.74) is 2.80. The Morgan fingerprint density at radius 2 is 1.95 bits per heavy atom. The van der Waals surface area contributed by atoms with Crippen LogP contribution in [0.1, 0.15) is 24.0 Å². The molecule has 1 unspecified atom stereocenters. The zero-order valence-electron chi connectivity index (χ0n) is 11.6. The molecule has 0 spiro atoms. The third-order valence-corrected chi connectivity index (χ3v) is 4.81. The molecule has 1 atom stereocenters. The fraction of sp³-hybridized carbons (Fsp3) is 0.571. The predicted octanol–water partition coefficient (Wildman–Crippen LogP) is 2.04. The molecule has 1 saturated heterocycles. The highest BCUT2D eigenvalue weighted by Crippen LogP contribution is 2.18. The number of anilines is 1. The second-order valence-electron chi connectivity index (χ2n) is 5.47. The van der Waals surface area contributed by atoms with E-state index in [0.717, 1.165) is 37.1 Å². The van der Waals surface area contributed by atoms with Gasteiger partial charge in [0, 0.05) is 5.69 Å². The number of rotatable bonds is 4. The predicted molar refractivity (Wildman–Crippen MR) is 78.9 cm³/mol. The van der Waals surface area contributed by atoms with Crippen LogP contribution in [-0.2, 0) is 10.0 Å². The highest BCUT2D eigenvalue weighted by molar-refractivity contribution is 7.92. The minimum absolute atomic E-state index is 0.201. The number of hydrogen-bond acceptors (Lipinski definition) is 3. The zero-order chi connectivity index (χ0) is 13.9. The van der Waals surface area contributed by atoms with Crippen LogP contribution in [0.4, 0.5) is 5.69 Å². The lowest BCUT2D eigenvalue weighted by Gasteiger charge is -2.22. The number of nitrogens with one attached hydrogen (secondary N) is 2. The van der Waals surface area contributed by atoms with E-state index in [2.05, 4.69) is 10.0 Å². The van der Waals surface area contributed by atoms with Gasteiger partial charge < -0.3 is 5.32 Å². The van der Waals surface area contributed by atoms with Gasteiger partial charge in [-0.05, 0) is 69.0 Å². The first-order chi connectivity index (χ1) is 8.94. The third kappa shape index (κ3) is 4.51. The molecular formula is C14H22N2O2S. The summed E-state index contributed by atoms with van der Waals surface area (Å²) in [5.74, 6) is 0.421. The van der Waals surface area contributed by atoms with Gasteiger partial charge in [-0.2, -0.15) is 0 Å². The van der Waals surface area contributed by atoms with E-state index in [1.807, 2.05) is 32.0 Å². The number of piperidine rings is 1. The topological polar surface area (TPSA) is 58.2 Å². The fourth-order valence-electron chi connectivity index (χ4n) is 2.63. The maximum atomic E-state index is 12.2. The third-order valence-electron chi connectivity index (χ3n) is 3.35. The highest BCUT2D eigenvalue weighted by atomic mass is 32.2. The Hall–Kier alpha value is -1.07. The second kappa shape index (κ2) is 5.92. The number of hydrogen-bond donors (Lipinski definition) is 2. The van der Waals surface area contributed by atoms with Crippen molar-refractivity contribution in [2.45, 2.75) is 26.7 Å². The standard InChI is InChI=1S/C14H22N2O2S/c1-11-6-12(2)8-14(7-11)16-19(17,18)10-13-4-3-5-15-9-13/h6-8,13,15-16H,3-5,9-10H2,1-2H3. The summed E-state index contributed by atoms with van der Waals surface area (Å²) in [4.78, 5) is 0. The summed E-state index contributed by atoms with van der Waals surface area (Å²) in [6.07, 6.45) is 2.05. The Labute approximate surface area is 115 Å². The van der Waals surface area contributed by atoms with Crippen LogP contribution >= 0.6 is 0 Å². The molecule has 4 nitrogen and oxygen atoms in total. The first kappa shape index (κ1) is 14.3. The number of aryl methyl sites for hydroxylation is 2. The van der Waals surface area contributed by atoms with E-state index >= 15 is 0 Å². The molecule has 2 rings (SSSR count). The average Bonchev–Trinajstić information content (AvgIpc) is 2.27. The smallest absolute Gasteiger partial charge is 0.233 e. The Morgan fingerprint density at radius 1 is 1.26 bits per heavy atom. The van der Waals surface area contributed by atoms with Gasteiger partial charge in [-0.1, -0.05) is 6.07 Å². The SMILES string of the molecule is Cc1cc(C)cc(NS(=O)(=O)CC2CCCNC2)c1. The van der Waals surface area contributed by atoms with Crippen LogP contribution in [0.5, 0.6) is 0 Å². The van der Waals surface area contributed by atoms with Gasteiger partial charge in [0.1, 0.15) is 0 Å². The summed E-state index contributed by atoms with van der Waals surface area (Å²) in [5, 5.41) is 3.25. The minimum Gasteiger partial charge on any atom is -0.316 e. The van der Waals surface area contributed by atoms with Crippen molar-refractivity contribution >= 4 is 15.7 Å². The summed E-state index contributed by atoms with van der Waals surface area (Å²) in [7, 11) is -3.26. The van der Waals surface area contributed by atoms with Gasteiger partial charge in [0.05, 0.1) is 5.75 Å². The van der Waals surface area contributed by atoms with Gasteiger partial charge in [0.2, 0.25) is 10.0 Å². The molecule has 2 N–H and O–H groups in total. The van der Waals surface area contributed by atoms with Gasteiger partial charge >= 0.3 is 0 Å². The molecule has 1 heterocycles. The van der Waals surface area contributed by atoms with Crippen molar-refractivity contribution in [3.8, 4) is 0 Å². The molecule has 19 heavy (non-hydrogen) atoms. The molecule has 0 aromatic heterocycles. The largest absolute Gasteiger partial charge is 0.316 e. The molecule has 1 aliphatic heterocycles. The van der Waals surface area contributed by atoms with E-state index in [0.29, 0.717) is 5.69 Å². The van der Waals surface area contributed by atoms with Crippen molar-refractivity contribution in [1.82, 2.24) is 5.32 Å².